The topological polar surface area (TPSA) is 136 Å². The second-order valence-corrected chi connectivity index (χ2v) is 11.4. The Morgan fingerprint density at radius 2 is 1.68 bits per heavy atom. The van der Waals surface area contributed by atoms with E-state index in [1.54, 1.807) is 0 Å². The van der Waals surface area contributed by atoms with Crippen LogP contribution in [0.2, 0.25) is 0 Å². The molecular weight excluding hydrogens is 498 g/mol. The van der Waals surface area contributed by atoms with Crippen LogP contribution in [0.25, 0.3) is 0 Å². The molecule has 0 spiro atoms. The van der Waals surface area contributed by atoms with Gasteiger partial charge >= 0.3 is 0 Å². The Balaban J connectivity index is 2.04. The Kier molecular flexibility index (Phi) is 11.5. The number of carbonyl (C=O) groups is 2. The fourth-order valence-corrected chi connectivity index (χ4v) is 4.92. The van der Waals surface area contributed by atoms with E-state index < -0.39 is 40.5 Å². The zero-order valence-corrected chi connectivity index (χ0v) is 22.5. The third kappa shape index (κ3) is 9.12. The molecule has 0 radical (unpaired) electrons. The van der Waals surface area contributed by atoms with Crippen molar-refractivity contribution in [2.45, 2.75) is 44.0 Å². The van der Waals surface area contributed by atoms with Crippen LogP contribution in [0.4, 0.5) is 0 Å². The molecule has 2 aromatic rings. The predicted octanol–water partition coefficient (Wildman–Crippen LogP) is 2.26. The van der Waals surface area contributed by atoms with Crippen molar-refractivity contribution in [3.63, 3.8) is 0 Å². The maximum atomic E-state index is 13.0. The molecule has 0 aliphatic rings. The highest BCUT2D eigenvalue weighted by Gasteiger charge is 2.29. The van der Waals surface area contributed by atoms with Crippen LogP contribution < -0.4 is 10.1 Å². The third-order valence-electron chi connectivity index (χ3n) is 5.83. The van der Waals surface area contributed by atoms with Crippen LogP contribution >= 0.6 is 0 Å². The van der Waals surface area contributed by atoms with Crippen molar-refractivity contribution < 1.29 is 33.1 Å². The zero-order valence-electron chi connectivity index (χ0n) is 21.7. The minimum atomic E-state index is -3.99. The van der Waals surface area contributed by atoms with E-state index in [4.69, 9.17) is 4.74 Å². The van der Waals surface area contributed by atoms with Gasteiger partial charge in [-0.25, -0.2) is 13.5 Å². The number of sulfonamides is 1. The first-order valence-electron chi connectivity index (χ1n) is 12.0. The normalized spacial score (nSPS) is 13.3. The summed E-state index contributed by atoms with van der Waals surface area (Å²) in [4.78, 5) is 25.8. The molecule has 10 nitrogen and oxygen atoms in total. The van der Waals surface area contributed by atoms with Crippen LogP contribution in [0.5, 0.6) is 5.75 Å². The van der Waals surface area contributed by atoms with Gasteiger partial charge in [-0.3, -0.25) is 14.8 Å². The summed E-state index contributed by atoms with van der Waals surface area (Å²) >= 11 is 0. The molecule has 11 heteroatoms. The molecule has 0 heterocycles. The van der Waals surface area contributed by atoms with Crippen molar-refractivity contribution in [3.05, 3.63) is 60.2 Å². The Labute approximate surface area is 218 Å². The third-order valence-corrected chi connectivity index (χ3v) is 7.63. The number of carbonyl (C=O) groups excluding carboxylic acids is 2. The van der Waals surface area contributed by atoms with Gasteiger partial charge in [0.1, 0.15) is 12.4 Å². The molecular formula is C26H37N3O7S. The average molecular weight is 536 g/mol. The second-order valence-electron chi connectivity index (χ2n) is 9.32. The molecule has 0 fully saturated rings. The second kappa shape index (κ2) is 14.1. The molecule has 2 rings (SSSR count). The van der Waals surface area contributed by atoms with Gasteiger partial charge in [-0.05, 0) is 48.6 Å². The number of aliphatic hydroxyl groups excluding tert-OH is 1. The lowest BCUT2D eigenvalue weighted by molar-refractivity contribution is -0.172. The van der Waals surface area contributed by atoms with Crippen molar-refractivity contribution in [1.82, 2.24) is 14.7 Å². The Bertz CT molecular complexity index is 1110. The molecule has 0 saturated carbocycles. The highest BCUT2D eigenvalue weighted by Crippen LogP contribution is 2.20. The van der Waals surface area contributed by atoms with E-state index in [1.165, 1.54) is 38.4 Å². The molecule has 3 N–H and O–H groups in total. The summed E-state index contributed by atoms with van der Waals surface area (Å²) < 4.78 is 31.5. The average Bonchev–Trinajstić information content (AvgIpc) is 2.87. The molecule has 2 amide bonds. The minimum Gasteiger partial charge on any atom is -0.497 e. The van der Waals surface area contributed by atoms with Gasteiger partial charge < -0.3 is 15.2 Å². The number of rotatable bonds is 14. The highest BCUT2D eigenvalue weighted by atomic mass is 32.2. The van der Waals surface area contributed by atoms with E-state index in [-0.39, 0.29) is 23.8 Å². The predicted molar refractivity (Wildman–Crippen MR) is 138 cm³/mol. The summed E-state index contributed by atoms with van der Waals surface area (Å²) in [6.45, 7) is 2.92. The van der Waals surface area contributed by atoms with Gasteiger partial charge in [-0.15, -0.1) is 0 Å². The number of nitrogens with one attached hydrogen (secondary N) is 1. The molecule has 204 valence electrons. The van der Waals surface area contributed by atoms with Crippen molar-refractivity contribution in [2.24, 2.45) is 11.8 Å². The number of hydrogen-bond acceptors (Lipinski definition) is 7. The van der Waals surface area contributed by atoms with Gasteiger partial charge in [-0.1, -0.05) is 44.2 Å². The Hall–Kier alpha value is -2.99. The number of hydroxylamine groups is 2. The van der Waals surface area contributed by atoms with Crippen LogP contribution in [0.1, 0.15) is 32.3 Å². The fraction of sp³-hybridized carbons (Fsp3) is 0.462. The maximum absolute atomic E-state index is 13.0. The molecule has 37 heavy (non-hydrogen) atoms. The van der Waals surface area contributed by atoms with Gasteiger partial charge in [0.15, 0.2) is 0 Å². The van der Waals surface area contributed by atoms with Crippen molar-refractivity contribution in [3.8, 4) is 5.75 Å². The van der Waals surface area contributed by atoms with Crippen molar-refractivity contribution >= 4 is 21.8 Å². The summed E-state index contributed by atoms with van der Waals surface area (Å²) in [7, 11) is -1.29. The molecule has 0 aliphatic carbocycles. The lowest BCUT2D eigenvalue weighted by atomic mass is 9.92. The lowest BCUT2D eigenvalue weighted by Gasteiger charge is -2.26. The summed E-state index contributed by atoms with van der Waals surface area (Å²) in [5, 5.41) is 23.2. The highest BCUT2D eigenvalue weighted by molar-refractivity contribution is 7.89. The van der Waals surface area contributed by atoms with Crippen LogP contribution in [-0.2, 0) is 26.0 Å². The van der Waals surface area contributed by atoms with Gasteiger partial charge in [0, 0.05) is 19.4 Å². The molecule has 0 saturated heterocycles. The first-order valence-corrected chi connectivity index (χ1v) is 13.5. The molecule has 0 aromatic heterocycles. The first kappa shape index (κ1) is 30.2. The molecule has 2 atom stereocenters. The van der Waals surface area contributed by atoms with Gasteiger partial charge in [0.25, 0.3) is 0 Å². The lowest BCUT2D eigenvalue weighted by Crippen LogP contribution is -2.45. The zero-order chi connectivity index (χ0) is 27.6. The quantitative estimate of drug-likeness (QED) is 0.192. The van der Waals surface area contributed by atoms with E-state index in [1.807, 2.05) is 44.2 Å². The monoisotopic (exact) mass is 535 g/mol. The summed E-state index contributed by atoms with van der Waals surface area (Å²) in [6, 6.07) is 14.6. The molecule has 0 aliphatic heterocycles. The van der Waals surface area contributed by atoms with Crippen molar-refractivity contribution in [1.29, 1.82) is 0 Å². The maximum Gasteiger partial charge on any atom is 0.247 e. The molecule has 2 aromatic carbocycles. The van der Waals surface area contributed by atoms with E-state index in [2.05, 4.69) is 5.32 Å². The SMILES string of the molecule is COc1ccc(S(=O)(=O)N(C)CN(O)C(=O)CC(CC(C)C)C(=O)N[C@H](CO)Cc2ccccc2)cc1. The smallest absolute Gasteiger partial charge is 0.247 e. The van der Waals surface area contributed by atoms with Crippen molar-refractivity contribution in [2.75, 3.05) is 27.4 Å². The number of hydrogen-bond donors (Lipinski definition) is 3. The first-order chi connectivity index (χ1) is 17.5. The Morgan fingerprint density at radius 3 is 2.22 bits per heavy atom. The number of benzene rings is 2. The van der Waals surface area contributed by atoms with E-state index in [0.29, 0.717) is 23.7 Å². The van der Waals surface area contributed by atoms with Crippen LogP contribution in [-0.4, -0.2) is 73.4 Å². The Morgan fingerprint density at radius 1 is 1.05 bits per heavy atom. The largest absolute Gasteiger partial charge is 0.497 e. The van der Waals surface area contributed by atoms with E-state index in [0.717, 1.165) is 9.87 Å². The molecule has 0 bridgehead atoms. The number of amides is 2. The number of aliphatic hydroxyl groups is 1. The van der Waals surface area contributed by atoms with Gasteiger partial charge in [0.2, 0.25) is 21.8 Å². The van der Waals surface area contributed by atoms with E-state index in [9.17, 15) is 28.3 Å². The minimum absolute atomic E-state index is 0.0258. The van der Waals surface area contributed by atoms with E-state index >= 15 is 0 Å². The van der Waals surface area contributed by atoms with Gasteiger partial charge in [-0.2, -0.15) is 4.31 Å². The van der Waals surface area contributed by atoms with Gasteiger partial charge in [0.05, 0.1) is 24.7 Å². The molecule has 1 unspecified atom stereocenters. The summed E-state index contributed by atoms with van der Waals surface area (Å²) in [6.07, 6.45) is 0.473. The standard InChI is InChI=1S/C26H37N3O7S/c1-19(2)14-21(26(32)27-22(17-30)15-20-8-6-5-7-9-20)16-25(31)29(33)18-28(3)37(34,35)24-12-10-23(36-4)11-13-24/h5-13,19,21-22,30,33H,14-18H2,1-4H3,(H,27,32)/t21?,22-/m0/s1. The number of methoxy groups -OCH3 is 1. The summed E-state index contributed by atoms with van der Waals surface area (Å²) in [5.74, 6) is -1.40. The fourth-order valence-electron chi connectivity index (χ4n) is 3.82. The van der Waals surface area contributed by atoms with Crippen LogP contribution in [0, 0.1) is 11.8 Å². The number of ether oxygens (including phenoxy) is 1. The van der Waals surface area contributed by atoms with Crippen LogP contribution in [0.15, 0.2) is 59.5 Å². The summed E-state index contributed by atoms with van der Waals surface area (Å²) in [5.41, 5.74) is 0.945. The number of nitrogens with zero attached hydrogens (tertiary/aromatic N) is 2. The van der Waals surface area contributed by atoms with Crippen LogP contribution in [0.3, 0.4) is 0 Å².